The van der Waals surface area contributed by atoms with Crippen molar-refractivity contribution in [2.45, 2.75) is 102 Å². The Labute approximate surface area is 227 Å². The molecule has 0 aliphatic heterocycles. The number of unbranched alkanes of at least 4 members (excludes halogenated alkanes) is 11. The maximum Gasteiger partial charge on any atom is 1.00 e. The maximum absolute atomic E-state index is 12.0. The summed E-state index contributed by atoms with van der Waals surface area (Å²) in [6, 6.07) is 0. The molecule has 1 unspecified atom stereocenters. The topological polar surface area (TPSA) is 86.5 Å². The first-order chi connectivity index (χ1) is 13.0. The zero-order valence-electron chi connectivity index (χ0n) is 21.5. The summed E-state index contributed by atoms with van der Waals surface area (Å²) >= 11 is 0. The first-order valence-corrected chi connectivity index (χ1v) is 12.1. The van der Waals surface area contributed by atoms with E-state index in [2.05, 4.69) is 23.3 Å². The zero-order chi connectivity index (χ0) is 20.4. The molecule has 8 heteroatoms. The molecule has 29 heavy (non-hydrogen) atoms. The summed E-state index contributed by atoms with van der Waals surface area (Å²) in [4.78, 5) is 12.0. The van der Waals surface area contributed by atoms with Gasteiger partial charge in [0.1, 0.15) is 0 Å². The minimum absolute atomic E-state index is 0. The molecule has 0 rings (SSSR count). The smallest absolute Gasteiger partial charge is 1.00 e. The summed E-state index contributed by atoms with van der Waals surface area (Å²) in [5, 5.41) is -1.22. The van der Waals surface area contributed by atoms with Gasteiger partial charge in [-0.3, -0.25) is 8.98 Å². The van der Waals surface area contributed by atoms with Crippen LogP contribution in [0.4, 0.5) is 0 Å². The Balaban J connectivity index is -0.000000563. The minimum atomic E-state index is -3.86. The third-order valence-corrected chi connectivity index (χ3v) is 6.46. The summed E-state index contributed by atoms with van der Waals surface area (Å²) < 4.78 is 27.6. The molecule has 0 saturated carbocycles. The molecule has 0 aliphatic rings. The molecule has 0 spiro atoms. The molecule has 0 bridgehead atoms. The SMILES string of the molecule is CCCCCCCC/C=C\CCCCCCCC(=O)C(CN)S(=O)(=O)OC.[H-].[H-].[Na+].[Na+]. The summed E-state index contributed by atoms with van der Waals surface area (Å²) in [6.07, 6.45) is 20.3. The van der Waals surface area contributed by atoms with Gasteiger partial charge in [-0.1, -0.05) is 70.4 Å². The Morgan fingerprint density at radius 1 is 0.897 bits per heavy atom. The molecule has 0 amide bonds. The molecular formula is C21H43NNa2O4S. The van der Waals surface area contributed by atoms with Crippen LogP contribution in [-0.2, 0) is 19.1 Å². The predicted molar refractivity (Wildman–Crippen MR) is 115 cm³/mol. The van der Waals surface area contributed by atoms with Crippen molar-refractivity contribution >= 4 is 15.9 Å². The fraction of sp³-hybridized carbons (Fsp3) is 0.857. The normalized spacial score (nSPS) is 12.4. The van der Waals surface area contributed by atoms with E-state index in [1.165, 1.54) is 51.4 Å². The van der Waals surface area contributed by atoms with Gasteiger partial charge in [0.25, 0.3) is 10.1 Å². The van der Waals surface area contributed by atoms with Crippen LogP contribution < -0.4 is 64.8 Å². The van der Waals surface area contributed by atoms with Crippen LogP contribution in [0, 0.1) is 0 Å². The zero-order valence-corrected chi connectivity index (χ0v) is 24.3. The van der Waals surface area contributed by atoms with Gasteiger partial charge in [-0.05, 0) is 32.1 Å². The van der Waals surface area contributed by atoms with E-state index in [0.29, 0.717) is 6.42 Å². The van der Waals surface area contributed by atoms with Crippen molar-refractivity contribution in [1.29, 1.82) is 0 Å². The van der Waals surface area contributed by atoms with Crippen LogP contribution in [0.5, 0.6) is 0 Å². The molecule has 0 aromatic rings. The molecule has 0 aromatic heterocycles. The summed E-state index contributed by atoms with van der Waals surface area (Å²) in [7, 11) is -2.80. The quantitative estimate of drug-likeness (QED) is 0.119. The van der Waals surface area contributed by atoms with Crippen molar-refractivity contribution in [2.75, 3.05) is 13.7 Å². The molecule has 0 radical (unpaired) electrons. The molecule has 2 N–H and O–H groups in total. The molecule has 5 nitrogen and oxygen atoms in total. The van der Waals surface area contributed by atoms with Crippen molar-refractivity contribution in [1.82, 2.24) is 0 Å². The number of hydrogen-bond donors (Lipinski definition) is 1. The standard InChI is InChI=1S/C21H41NO4S.2Na.2H/c1-3-4-5-6-7-8-9-10-11-12-13-14-15-16-17-18-20(23)21(19-22)27(24,25)26-2;;;;/h10-11,21H,3-9,12-19,22H2,1-2H3;;;;/q;2*+1;2*-1/b11-10-;;;;. The second-order valence-electron chi connectivity index (χ2n) is 7.18. The number of ketones is 1. The van der Waals surface area contributed by atoms with Crippen LogP contribution in [0.1, 0.15) is 99.7 Å². The summed E-state index contributed by atoms with van der Waals surface area (Å²) in [5.74, 6) is -0.336. The van der Waals surface area contributed by atoms with Crippen LogP contribution in [0.2, 0.25) is 0 Å². The largest absolute Gasteiger partial charge is 1.00 e. The molecule has 0 aromatic carbocycles. The van der Waals surface area contributed by atoms with E-state index < -0.39 is 15.4 Å². The van der Waals surface area contributed by atoms with Crippen LogP contribution in [-0.4, -0.2) is 33.1 Å². The maximum atomic E-state index is 12.0. The Morgan fingerprint density at radius 3 is 1.79 bits per heavy atom. The first-order valence-electron chi connectivity index (χ1n) is 10.7. The van der Waals surface area contributed by atoms with E-state index in [1.807, 2.05) is 0 Å². The van der Waals surface area contributed by atoms with E-state index in [9.17, 15) is 13.2 Å². The van der Waals surface area contributed by atoms with Gasteiger partial charge in [-0.2, -0.15) is 8.42 Å². The predicted octanol–water partition coefficient (Wildman–Crippen LogP) is -0.870. The average molecular weight is 452 g/mol. The monoisotopic (exact) mass is 451 g/mol. The Morgan fingerprint density at radius 2 is 1.34 bits per heavy atom. The number of nitrogens with two attached hydrogens (primary N) is 1. The fourth-order valence-corrected chi connectivity index (χ4v) is 3.97. The Hall–Kier alpha value is 1.28. The number of rotatable bonds is 19. The molecule has 0 saturated heterocycles. The molecule has 0 heterocycles. The van der Waals surface area contributed by atoms with Gasteiger partial charge in [0.05, 0.1) is 7.11 Å². The number of Topliss-reactive ketones (excluding diaryl/α,β-unsaturated/α-hetero) is 1. The van der Waals surface area contributed by atoms with Gasteiger partial charge in [0, 0.05) is 13.0 Å². The van der Waals surface area contributed by atoms with Crippen LogP contribution >= 0.6 is 0 Å². The van der Waals surface area contributed by atoms with Gasteiger partial charge in [0.2, 0.25) is 0 Å². The number of hydrogen-bond acceptors (Lipinski definition) is 5. The van der Waals surface area contributed by atoms with E-state index in [-0.39, 0.29) is 80.7 Å². The molecule has 0 fully saturated rings. The van der Waals surface area contributed by atoms with Crippen molar-refractivity contribution in [2.24, 2.45) is 5.73 Å². The third kappa shape index (κ3) is 19.7. The summed E-state index contributed by atoms with van der Waals surface area (Å²) in [5.41, 5.74) is 5.40. The third-order valence-electron chi connectivity index (χ3n) is 4.84. The number of carbonyl (C=O) groups is 1. The minimum Gasteiger partial charge on any atom is -1.00 e. The van der Waals surface area contributed by atoms with Gasteiger partial charge in [-0.15, -0.1) is 0 Å². The van der Waals surface area contributed by atoms with Crippen molar-refractivity contribution < 1.29 is 79.4 Å². The van der Waals surface area contributed by atoms with Crippen LogP contribution in [0.15, 0.2) is 12.2 Å². The number of carbonyl (C=O) groups excluding carboxylic acids is 1. The molecule has 0 aliphatic carbocycles. The van der Waals surface area contributed by atoms with E-state index >= 15 is 0 Å². The van der Waals surface area contributed by atoms with Crippen molar-refractivity contribution in [3.05, 3.63) is 12.2 Å². The van der Waals surface area contributed by atoms with Gasteiger partial charge < -0.3 is 8.59 Å². The second kappa shape index (κ2) is 23.9. The van der Waals surface area contributed by atoms with E-state index in [4.69, 9.17) is 5.73 Å². The summed E-state index contributed by atoms with van der Waals surface area (Å²) in [6.45, 7) is 2.02. The first kappa shape index (κ1) is 34.9. The van der Waals surface area contributed by atoms with Crippen LogP contribution in [0.25, 0.3) is 0 Å². The van der Waals surface area contributed by atoms with Crippen LogP contribution in [0.3, 0.4) is 0 Å². The van der Waals surface area contributed by atoms with Crippen molar-refractivity contribution in [3.63, 3.8) is 0 Å². The van der Waals surface area contributed by atoms with Gasteiger partial charge in [0.15, 0.2) is 11.0 Å². The molecule has 164 valence electrons. The van der Waals surface area contributed by atoms with Gasteiger partial charge >= 0.3 is 59.1 Å². The molecular weight excluding hydrogens is 408 g/mol. The average Bonchev–Trinajstić information content (AvgIpc) is 2.65. The van der Waals surface area contributed by atoms with E-state index in [1.54, 1.807) is 0 Å². The second-order valence-corrected chi connectivity index (χ2v) is 9.07. The fourth-order valence-electron chi connectivity index (χ4n) is 3.06. The Bertz CT molecular complexity index is 510. The molecule has 1 atom stereocenters. The number of allylic oxidation sites excluding steroid dienone is 2. The van der Waals surface area contributed by atoms with E-state index in [0.717, 1.165) is 32.8 Å². The van der Waals surface area contributed by atoms with Crippen molar-refractivity contribution in [3.8, 4) is 0 Å². The van der Waals surface area contributed by atoms with Gasteiger partial charge in [-0.25, -0.2) is 0 Å². The Kier molecular flexibility index (Phi) is 28.8.